The van der Waals surface area contributed by atoms with Gasteiger partial charge in [0.2, 0.25) is 5.91 Å². The molecule has 42 heavy (non-hydrogen) atoms. The number of halogens is 2. The summed E-state index contributed by atoms with van der Waals surface area (Å²) in [5.74, 6) is 0.744. The number of amides is 1. The molecule has 0 unspecified atom stereocenters. The summed E-state index contributed by atoms with van der Waals surface area (Å²) >= 11 is 6.89. The minimum Gasteiger partial charge on any atom is -0.350 e. The van der Waals surface area contributed by atoms with Gasteiger partial charge in [0, 0.05) is 42.4 Å². The lowest BCUT2D eigenvalue weighted by molar-refractivity contribution is -0.128. The maximum atomic E-state index is 15.1. The lowest BCUT2D eigenvalue weighted by Crippen LogP contribution is -2.56. The summed E-state index contributed by atoms with van der Waals surface area (Å²) in [5, 5.41) is 0.328. The van der Waals surface area contributed by atoms with Crippen LogP contribution in [0, 0.1) is 12.7 Å². The number of hydrogen-bond donors (Lipinski definition) is 0. The molecule has 4 heterocycles. The molecule has 0 saturated carbocycles. The van der Waals surface area contributed by atoms with Crippen molar-refractivity contribution in [2.45, 2.75) is 39.7 Å². The Balaban J connectivity index is 1.74. The lowest BCUT2D eigenvalue weighted by Gasteiger charge is -2.43. The van der Waals surface area contributed by atoms with E-state index >= 15 is 4.39 Å². The fourth-order valence-electron chi connectivity index (χ4n) is 5.52. The van der Waals surface area contributed by atoms with E-state index in [-0.39, 0.29) is 17.9 Å². The molecular weight excluding hydrogens is 555 g/mol. The van der Waals surface area contributed by atoms with Crippen molar-refractivity contribution < 1.29 is 14.0 Å². The predicted octanol–water partition coefficient (Wildman–Crippen LogP) is 6.27. The highest BCUT2D eigenvalue weighted by atomic mass is 35.5. The van der Waals surface area contributed by atoms with Crippen molar-refractivity contribution in [3.8, 4) is 11.3 Å². The highest BCUT2D eigenvalue weighted by Gasteiger charge is 2.37. The quantitative estimate of drug-likeness (QED) is 0.259. The number of amidine groups is 1. The van der Waals surface area contributed by atoms with Crippen LogP contribution in [0.3, 0.4) is 0 Å². The molecule has 2 aromatic heterocycles. The van der Waals surface area contributed by atoms with Crippen LogP contribution in [0.4, 0.5) is 15.9 Å². The lowest BCUT2D eigenvalue weighted by atomic mass is 10.00. The molecule has 0 spiro atoms. The minimum absolute atomic E-state index is 0.0426. The Labute approximate surface area is 249 Å². The number of nitrogens with zero attached hydrogens (tertiary/aromatic N) is 6. The smallest absolute Gasteiger partial charge is 0.246 e. The fourth-order valence-corrected chi connectivity index (χ4v) is 5.78. The van der Waals surface area contributed by atoms with Crippen molar-refractivity contribution in [2.24, 2.45) is 4.99 Å². The van der Waals surface area contributed by atoms with Crippen LogP contribution < -0.4 is 4.90 Å². The van der Waals surface area contributed by atoms with Crippen LogP contribution in [0.1, 0.15) is 53.9 Å². The Hall–Kier alpha value is -4.37. The summed E-state index contributed by atoms with van der Waals surface area (Å²) in [7, 11) is 0. The molecule has 10 heteroatoms. The molecule has 1 fully saturated rings. The van der Waals surface area contributed by atoms with Gasteiger partial charge >= 0.3 is 0 Å². The number of hydrogen-bond acceptors (Lipinski definition) is 7. The minimum atomic E-state index is -0.462. The zero-order valence-corrected chi connectivity index (χ0v) is 24.8. The second-order valence-electron chi connectivity index (χ2n) is 10.7. The fraction of sp³-hybridized carbons (Fsp3) is 0.281. The van der Waals surface area contributed by atoms with Gasteiger partial charge in [0.05, 0.1) is 33.9 Å². The maximum absolute atomic E-state index is 15.1. The second-order valence-corrected chi connectivity index (χ2v) is 11.1. The molecule has 0 radical (unpaired) electrons. The van der Waals surface area contributed by atoms with E-state index in [2.05, 4.69) is 23.0 Å². The first kappa shape index (κ1) is 29.1. The summed E-state index contributed by atoms with van der Waals surface area (Å²) in [5.41, 5.74) is 3.58. The molecule has 2 aliphatic heterocycles. The van der Waals surface area contributed by atoms with Gasteiger partial charge in [-0.3, -0.25) is 19.5 Å². The molecule has 1 amide bonds. The van der Waals surface area contributed by atoms with Crippen molar-refractivity contribution in [3.63, 3.8) is 0 Å². The number of rotatable bonds is 5. The normalized spacial score (nSPS) is 16.8. The first-order valence-corrected chi connectivity index (χ1v) is 14.1. The average molecular weight is 587 g/mol. The van der Waals surface area contributed by atoms with Gasteiger partial charge in [0.25, 0.3) is 0 Å². The molecule has 1 atom stereocenters. The molecule has 1 saturated heterocycles. The third-order valence-electron chi connectivity index (χ3n) is 7.67. The topological polar surface area (TPSA) is 82.0 Å². The predicted molar refractivity (Wildman–Crippen MR) is 164 cm³/mol. The molecule has 216 valence electrons. The zero-order chi connectivity index (χ0) is 30.3. The van der Waals surface area contributed by atoms with Crippen LogP contribution in [-0.2, 0) is 4.79 Å². The van der Waals surface area contributed by atoms with Crippen LogP contribution in [0.2, 0.25) is 5.02 Å². The van der Waals surface area contributed by atoms with Gasteiger partial charge in [-0.25, -0.2) is 14.4 Å². The second kappa shape index (κ2) is 11.5. The Morgan fingerprint density at radius 3 is 2.62 bits per heavy atom. The Bertz CT molecular complexity index is 1650. The number of piperazine rings is 1. The van der Waals surface area contributed by atoms with E-state index in [1.807, 2.05) is 26.8 Å². The van der Waals surface area contributed by atoms with Crippen LogP contribution >= 0.6 is 11.6 Å². The first-order chi connectivity index (χ1) is 20.1. The third kappa shape index (κ3) is 4.98. The Morgan fingerprint density at radius 1 is 1.21 bits per heavy atom. The van der Waals surface area contributed by atoms with Gasteiger partial charge in [-0.2, -0.15) is 0 Å². The molecule has 1 aromatic carbocycles. The maximum Gasteiger partial charge on any atom is 0.246 e. The van der Waals surface area contributed by atoms with E-state index in [0.717, 1.165) is 6.29 Å². The summed E-state index contributed by atoms with van der Waals surface area (Å²) in [6.45, 7) is 17.0. The van der Waals surface area contributed by atoms with Crippen molar-refractivity contribution in [3.05, 3.63) is 94.8 Å². The number of pyridine rings is 2. The number of fused-ring (bicyclic) bond motifs is 1. The first-order valence-electron chi connectivity index (χ1n) is 13.7. The van der Waals surface area contributed by atoms with E-state index in [0.29, 0.717) is 81.5 Å². The molecule has 0 aliphatic carbocycles. The van der Waals surface area contributed by atoms with Gasteiger partial charge in [-0.15, -0.1) is 0 Å². The number of benzene rings is 1. The number of carbonyl (C=O) groups excluding carboxylic acids is 2. The average Bonchev–Trinajstić information content (AvgIpc) is 2.98. The van der Waals surface area contributed by atoms with Gasteiger partial charge in [-0.05, 0) is 31.9 Å². The van der Waals surface area contributed by atoms with Crippen molar-refractivity contribution in [1.29, 1.82) is 0 Å². The SMILES string of the molecule is C=CC(=O)N1CCN(C2=NC(=C)N(c3c(C(C)C)ncc(F)c3C)c3nc(-c4ccccc4C=O)c(Cl)cc32)[C@@H](C)C1. The van der Waals surface area contributed by atoms with E-state index in [9.17, 15) is 9.59 Å². The molecule has 0 N–H and O–H groups in total. The Morgan fingerprint density at radius 2 is 1.95 bits per heavy atom. The van der Waals surface area contributed by atoms with Crippen molar-refractivity contribution in [1.82, 2.24) is 19.8 Å². The number of anilines is 2. The van der Waals surface area contributed by atoms with Gasteiger partial charge in [0.15, 0.2) is 12.1 Å². The monoisotopic (exact) mass is 586 g/mol. The van der Waals surface area contributed by atoms with Crippen molar-refractivity contribution in [2.75, 3.05) is 24.5 Å². The van der Waals surface area contributed by atoms with Crippen LogP contribution in [0.25, 0.3) is 11.3 Å². The van der Waals surface area contributed by atoms with Crippen LogP contribution in [-0.4, -0.2) is 63.5 Å². The highest BCUT2D eigenvalue weighted by molar-refractivity contribution is 6.34. The number of aldehydes is 1. The van der Waals surface area contributed by atoms with E-state index in [1.54, 1.807) is 41.0 Å². The molecule has 5 rings (SSSR count). The van der Waals surface area contributed by atoms with Crippen molar-refractivity contribution >= 4 is 41.1 Å². The number of aromatic nitrogens is 2. The zero-order valence-electron chi connectivity index (χ0n) is 24.1. The summed E-state index contributed by atoms with van der Waals surface area (Å²) in [6.07, 6.45) is 3.31. The van der Waals surface area contributed by atoms with E-state index in [4.69, 9.17) is 21.6 Å². The third-order valence-corrected chi connectivity index (χ3v) is 7.96. The molecule has 2 aliphatic rings. The van der Waals surface area contributed by atoms with E-state index in [1.165, 1.54) is 12.3 Å². The molecular formula is C32H32ClFN6O2. The Kier molecular flexibility index (Phi) is 7.97. The van der Waals surface area contributed by atoms with E-state index < -0.39 is 5.82 Å². The molecule has 0 bridgehead atoms. The molecule has 8 nitrogen and oxygen atoms in total. The van der Waals surface area contributed by atoms with Crippen LogP contribution in [0.15, 0.2) is 66.6 Å². The molecule has 3 aromatic rings. The standard InChI is InChI=1S/C32H32ClFN6O2/c1-7-27(42)38-12-13-39(19(4)16-38)31-24-14-25(33)29(23-11-9-8-10-22(23)17-41)37-32(24)40(21(6)36-31)30-20(5)26(34)15-35-28(30)18(2)3/h7-11,14-15,17-19H,1,6,12-13,16H2,2-5H3/t19-/m0/s1. The van der Waals surface area contributed by atoms with Gasteiger partial charge in [0.1, 0.15) is 17.5 Å². The number of carbonyl (C=O) groups is 2. The summed E-state index contributed by atoms with van der Waals surface area (Å²) < 4.78 is 15.1. The highest BCUT2D eigenvalue weighted by Crippen LogP contribution is 2.44. The summed E-state index contributed by atoms with van der Waals surface area (Å²) in [6, 6.07) is 8.76. The van der Waals surface area contributed by atoms with Crippen LogP contribution in [0.5, 0.6) is 0 Å². The number of aliphatic imine (C=N–C) groups is 1. The van der Waals surface area contributed by atoms with Gasteiger partial charge in [-0.1, -0.05) is 62.9 Å². The van der Waals surface area contributed by atoms with Gasteiger partial charge < -0.3 is 9.80 Å². The largest absolute Gasteiger partial charge is 0.350 e. The summed E-state index contributed by atoms with van der Waals surface area (Å²) in [4.78, 5) is 44.2.